The van der Waals surface area contributed by atoms with Crippen LogP contribution in [-0.4, -0.2) is 39.9 Å². The van der Waals surface area contributed by atoms with Gasteiger partial charge in [0.15, 0.2) is 11.9 Å². The highest BCUT2D eigenvalue weighted by Crippen LogP contribution is 2.70. The van der Waals surface area contributed by atoms with E-state index in [1.54, 1.807) is 19.1 Å². The van der Waals surface area contributed by atoms with Gasteiger partial charge in [-0.25, -0.2) is 10.0 Å². The fourth-order valence-corrected chi connectivity index (χ4v) is 5.91. The number of Topliss-reactive ketones (excluding diaryl/α,β-unsaturated/α-hetero) is 1. The summed E-state index contributed by atoms with van der Waals surface area (Å²) in [6.07, 6.45) is 0.913. The minimum atomic E-state index is -1.65. The number of carbonyl (C=O) groups is 3. The molecule has 1 heterocycles. The number of nitrogens with zero attached hydrogens (tertiary/aromatic N) is 2. The standard InChI is InChI=1S/C23H28N2O4/c1-5-17(26)14(2)19(27)20(28)25-18-13-15-11-12-23(18,22(15,3)4)21(29)24(25)16-9-7-6-8-10-16/h6-10,15,18-19,27H,2,5,11-13H2,1,3-4H3/t15-,18-,19+,23+/m1/s1. The SMILES string of the molecule is C=C(C(=O)CC)[C@H](O)C(=O)N1[C@@H]2C[C@H]3CC[C@]2(C(=O)N1c1ccccc1)C3(C)C. The Balaban J connectivity index is 1.80. The highest BCUT2D eigenvalue weighted by Gasteiger charge is 2.75. The molecule has 4 atom stereocenters. The molecule has 2 aliphatic carbocycles. The molecule has 1 saturated heterocycles. The van der Waals surface area contributed by atoms with Crippen molar-refractivity contribution in [3.05, 3.63) is 42.5 Å². The lowest BCUT2D eigenvalue weighted by Crippen LogP contribution is -2.52. The van der Waals surface area contributed by atoms with Crippen LogP contribution in [0.5, 0.6) is 0 Å². The monoisotopic (exact) mass is 396 g/mol. The maximum absolute atomic E-state index is 13.8. The molecule has 1 N–H and O–H groups in total. The van der Waals surface area contributed by atoms with E-state index in [9.17, 15) is 19.5 Å². The van der Waals surface area contributed by atoms with E-state index in [0.29, 0.717) is 18.0 Å². The quantitative estimate of drug-likeness (QED) is 0.777. The molecule has 0 radical (unpaired) electrons. The van der Waals surface area contributed by atoms with Crippen LogP contribution in [0.25, 0.3) is 0 Å². The second-order valence-electron chi connectivity index (χ2n) is 9.02. The topological polar surface area (TPSA) is 77.9 Å². The van der Waals surface area contributed by atoms with E-state index in [2.05, 4.69) is 20.4 Å². The number of ketones is 1. The van der Waals surface area contributed by atoms with E-state index in [4.69, 9.17) is 0 Å². The number of carbonyl (C=O) groups excluding carboxylic acids is 3. The molecule has 154 valence electrons. The van der Waals surface area contributed by atoms with Crippen LogP contribution in [0.2, 0.25) is 0 Å². The Labute approximate surface area is 171 Å². The Kier molecular flexibility index (Phi) is 4.46. The number of fused-ring (bicyclic) bond motifs is 1. The molecule has 2 amide bonds. The molecule has 29 heavy (non-hydrogen) atoms. The van der Waals surface area contributed by atoms with Crippen molar-refractivity contribution in [1.29, 1.82) is 0 Å². The zero-order valence-electron chi connectivity index (χ0n) is 17.2. The lowest BCUT2D eigenvalue weighted by Gasteiger charge is -2.35. The number of hydrazine groups is 1. The molecule has 0 unspecified atom stereocenters. The van der Waals surface area contributed by atoms with Gasteiger partial charge in [0, 0.05) is 12.0 Å². The molecular weight excluding hydrogens is 368 g/mol. The van der Waals surface area contributed by atoms with Crippen LogP contribution in [0, 0.1) is 16.7 Å². The van der Waals surface area contributed by atoms with Gasteiger partial charge in [-0.1, -0.05) is 45.5 Å². The van der Waals surface area contributed by atoms with Gasteiger partial charge >= 0.3 is 0 Å². The van der Waals surface area contributed by atoms with Gasteiger partial charge < -0.3 is 5.11 Å². The maximum atomic E-state index is 13.8. The Morgan fingerprint density at radius 2 is 1.93 bits per heavy atom. The van der Waals surface area contributed by atoms with Crippen LogP contribution in [-0.2, 0) is 14.4 Å². The lowest BCUT2D eigenvalue weighted by atomic mass is 9.67. The second kappa shape index (κ2) is 6.52. The first-order chi connectivity index (χ1) is 13.7. The minimum Gasteiger partial charge on any atom is -0.378 e. The minimum absolute atomic E-state index is 0.0910. The molecule has 3 aliphatic rings. The summed E-state index contributed by atoms with van der Waals surface area (Å²) in [5.41, 5.74) is -0.438. The molecule has 4 rings (SSSR count). The highest BCUT2D eigenvalue weighted by molar-refractivity contribution is 6.08. The van der Waals surface area contributed by atoms with Crippen LogP contribution in [0.1, 0.15) is 46.5 Å². The summed E-state index contributed by atoms with van der Waals surface area (Å²) in [6.45, 7) is 9.55. The smallest absolute Gasteiger partial charge is 0.275 e. The number of anilines is 1. The van der Waals surface area contributed by atoms with Crippen molar-refractivity contribution in [3.63, 3.8) is 0 Å². The van der Waals surface area contributed by atoms with Gasteiger partial charge in [0.1, 0.15) is 0 Å². The molecule has 1 aromatic carbocycles. The first-order valence-electron chi connectivity index (χ1n) is 10.3. The Morgan fingerprint density at radius 1 is 1.28 bits per heavy atom. The number of benzene rings is 1. The van der Waals surface area contributed by atoms with Crippen LogP contribution in [0.4, 0.5) is 5.69 Å². The van der Waals surface area contributed by atoms with Crippen molar-refractivity contribution in [2.24, 2.45) is 16.7 Å². The molecule has 6 nitrogen and oxygen atoms in total. The van der Waals surface area contributed by atoms with Crippen molar-refractivity contribution in [3.8, 4) is 0 Å². The molecular formula is C23H28N2O4. The number of aliphatic hydroxyl groups excluding tert-OH is 1. The third-order valence-corrected chi connectivity index (χ3v) is 7.69. The summed E-state index contributed by atoms with van der Waals surface area (Å²) >= 11 is 0. The van der Waals surface area contributed by atoms with Gasteiger partial charge in [0.25, 0.3) is 11.8 Å². The predicted octanol–water partition coefficient (Wildman–Crippen LogP) is 2.87. The highest BCUT2D eigenvalue weighted by atomic mass is 16.3. The predicted molar refractivity (Wildman–Crippen MR) is 109 cm³/mol. The number of rotatable bonds is 5. The van der Waals surface area contributed by atoms with Crippen LogP contribution >= 0.6 is 0 Å². The van der Waals surface area contributed by atoms with E-state index in [1.165, 1.54) is 10.0 Å². The molecule has 2 saturated carbocycles. The second-order valence-corrected chi connectivity index (χ2v) is 9.02. The Bertz CT molecular complexity index is 893. The number of para-hydroxylation sites is 1. The summed E-state index contributed by atoms with van der Waals surface area (Å²) in [6, 6.07) is 8.73. The van der Waals surface area contributed by atoms with Gasteiger partial charge in [0.05, 0.1) is 17.1 Å². The first-order valence-corrected chi connectivity index (χ1v) is 10.3. The number of hydrogen-bond donors (Lipinski definition) is 1. The number of amides is 2. The molecule has 6 heteroatoms. The molecule has 1 spiro atoms. The average Bonchev–Trinajstić information content (AvgIpc) is 3.24. The van der Waals surface area contributed by atoms with Gasteiger partial charge in [-0.05, 0) is 42.7 Å². The van der Waals surface area contributed by atoms with Crippen molar-refractivity contribution >= 4 is 23.3 Å². The van der Waals surface area contributed by atoms with Crippen LogP contribution in [0.3, 0.4) is 0 Å². The summed E-state index contributed by atoms with van der Waals surface area (Å²) < 4.78 is 0. The zero-order chi connectivity index (χ0) is 21.1. The van der Waals surface area contributed by atoms with E-state index in [1.807, 2.05) is 18.2 Å². The van der Waals surface area contributed by atoms with Crippen molar-refractivity contribution < 1.29 is 19.5 Å². The van der Waals surface area contributed by atoms with Crippen LogP contribution < -0.4 is 5.01 Å². The number of aliphatic hydroxyl groups is 1. The largest absolute Gasteiger partial charge is 0.378 e. The van der Waals surface area contributed by atoms with Gasteiger partial charge in [-0.2, -0.15) is 0 Å². The molecule has 1 aromatic rings. The average molecular weight is 396 g/mol. The van der Waals surface area contributed by atoms with E-state index >= 15 is 0 Å². The van der Waals surface area contributed by atoms with Crippen LogP contribution in [0.15, 0.2) is 42.5 Å². The van der Waals surface area contributed by atoms with Gasteiger partial charge in [0.2, 0.25) is 0 Å². The molecule has 3 fully saturated rings. The Morgan fingerprint density at radius 3 is 2.52 bits per heavy atom. The third-order valence-electron chi connectivity index (χ3n) is 7.69. The molecule has 1 aliphatic heterocycles. The molecule has 2 bridgehead atoms. The third kappa shape index (κ3) is 2.41. The molecule has 0 aromatic heterocycles. The summed E-state index contributed by atoms with van der Waals surface area (Å²) in [5.74, 6) is -0.751. The van der Waals surface area contributed by atoms with Crippen molar-refractivity contribution in [1.82, 2.24) is 5.01 Å². The number of hydrogen-bond acceptors (Lipinski definition) is 4. The first kappa shape index (κ1) is 19.8. The zero-order valence-corrected chi connectivity index (χ0v) is 17.2. The fraction of sp³-hybridized carbons (Fsp3) is 0.522. The lowest BCUT2D eigenvalue weighted by molar-refractivity contribution is -0.142. The van der Waals surface area contributed by atoms with E-state index < -0.39 is 17.4 Å². The van der Waals surface area contributed by atoms with Gasteiger partial charge in [-0.15, -0.1) is 0 Å². The maximum Gasteiger partial charge on any atom is 0.275 e. The van der Waals surface area contributed by atoms with Crippen molar-refractivity contribution in [2.75, 3.05) is 5.01 Å². The summed E-state index contributed by atoms with van der Waals surface area (Å²) in [7, 11) is 0. The normalized spacial score (nSPS) is 30.4. The van der Waals surface area contributed by atoms with E-state index in [-0.39, 0.29) is 35.1 Å². The van der Waals surface area contributed by atoms with Gasteiger partial charge in [-0.3, -0.25) is 14.4 Å². The van der Waals surface area contributed by atoms with Crippen molar-refractivity contribution in [2.45, 2.75) is 58.6 Å². The fourth-order valence-electron chi connectivity index (χ4n) is 5.91. The van der Waals surface area contributed by atoms with E-state index in [0.717, 1.165) is 12.8 Å². The summed E-state index contributed by atoms with van der Waals surface area (Å²) in [4.78, 5) is 39.3. The summed E-state index contributed by atoms with van der Waals surface area (Å²) in [5, 5.41) is 13.5. The Hall–Kier alpha value is -2.47.